The van der Waals surface area contributed by atoms with E-state index in [9.17, 15) is 14.4 Å². The lowest BCUT2D eigenvalue weighted by Gasteiger charge is -2.41. The average Bonchev–Trinajstić information content (AvgIpc) is 3.21. The van der Waals surface area contributed by atoms with Crippen molar-refractivity contribution in [3.63, 3.8) is 0 Å². The van der Waals surface area contributed by atoms with Crippen molar-refractivity contribution in [3.05, 3.63) is 0 Å². The summed E-state index contributed by atoms with van der Waals surface area (Å²) < 4.78 is 0. The number of likely N-dealkylation sites (tertiary alicyclic amines) is 1. The largest absolute Gasteiger partial charge is 0.342 e. The van der Waals surface area contributed by atoms with Crippen LogP contribution in [0.4, 0.5) is 4.79 Å². The molecule has 2 aliphatic heterocycles. The van der Waals surface area contributed by atoms with E-state index in [1.807, 2.05) is 4.90 Å². The molecule has 2 saturated heterocycles. The van der Waals surface area contributed by atoms with E-state index >= 15 is 0 Å². The maximum atomic E-state index is 12.6. The number of urea groups is 1. The van der Waals surface area contributed by atoms with Gasteiger partial charge >= 0.3 is 6.03 Å². The van der Waals surface area contributed by atoms with Crippen LogP contribution in [0.3, 0.4) is 0 Å². The van der Waals surface area contributed by atoms with Crippen LogP contribution in [-0.4, -0.2) is 52.8 Å². The Kier molecular flexibility index (Phi) is 4.93. The fourth-order valence-corrected chi connectivity index (χ4v) is 5.57. The third-order valence-electron chi connectivity index (χ3n) is 7.12. The molecule has 0 aromatic rings. The second-order valence-corrected chi connectivity index (χ2v) is 8.71. The van der Waals surface area contributed by atoms with Crippen LogP contribution in [0.25, 0.3) is 0 Å². The molecule has 2 heterocycles. The molecule has 1 N–H and O–H groups in total. The van der Waals surface area contributed by atoms with Gasteiger partial charge in [-0.2, -0.15) is 0 Å². The number of hydrogen-bond donors (Lipinski definition) is 1. The Balaban J connectivity index is 1.25. The Hall–Kier alpha value is -1.59. The predicted molar refractivity (Wildman–Crippen MR) is 97.3 cm³/mol. The summed E-state index contributed by atoms with van der Waals surface area (Å²) in [4.78, 5) is 40.7. The van der Waals surface area contributed by atoms with E-state index in [2.05, 4.69) is 5.32 Å². The molecule has 4 rings (SSSR count). The minimum atomic E-state index is -0.635. The topological polar surface area (TPSA) is 69.7 Å². The van der Waals surface area contributed by atoms with Crippen LogP contribution >= 0.6 is 0 Å². The summed E-state index contributed by atoms with van der Waals surface area (Å²) >= 11 is 0. The van der Waals surface area contributed by atoms with Crippen LogP contribution in [0.1, 0.15) is 70.6 Å². The SMILES string of the molecule is O=C(CCCN1C(=O)NC2(CCCC2)C1=O)N1CC[C@H]2CCCC[C@H]2C1. The van der Waals surface area contributed by atoms with Crippen LogP contribution in [0.5, 0.6) is 0 Å². The molecular formula is C20H31N3O3. The van der Waals surface area contributed by atoms with Crippen LogP contribution in [0.15, 0.2) is 0 Å². The van der Waals surface area contributed by atoms with Gasteiger partial charge in [0, 0.05) is 26.1 Å². The first-order valence-corrected chi connectivity index (χ1v) is 10.5. The highest BCUT2D eigenvalue weighted by molar-refractivity contribution is 6.07. The van der Waals surface area contributed by atoms with E-state index in [4.69, 9.17) is 0 Å². The van der Waals surface area contributed by atoms with E-state index < -0.39 is 5.54 Å². The lowest BCUT2D eigenvalue weighted by Crippen LogP contribution is -2.45. The number of imide groups is 1. The number of carbonyl (C=O) groups excluding carboxylic acids is 3. The van der Waals surface area contributed by atoms with Gasteiger partial charge in [0.25, 0.3) is 5.91 Å². The fraction of sp³-hybridized carbons (Fsp3) is 0.850. The zero-order chi connectivity index (χ0) is 18.1. The molecule has 4 fully saturated rings. The van der Waals surface area contributed by atoms with E-state index in [0.29, 0.717) is 25.3 Å². The lowest BCUT2D eigenvalue weighted by molar-refractivity contribution is -0.135. The molecule has 4 aliphatic rings. The van der Waals surface area contributed by atoms with Crippen molar-refractivity contribution < 1.29 is 14.4 Å². The standard InChI is InChI=1S/C20H31N3O3/c24-17(22-13-9-15-6-1-2-7-16(15)14-22)8-5-12-23-18(25)20(21-19(23)26)10-3-4-11-20/h15-16H,1-14H2,(H,21,26)/t15-,16+/m1/s1. The van der Waals surface area contributed by atoms with Crippen LogP contribution in [0.2, 0.25) is 0 Å². The van der Waals surface area contributed by atoms with Gasteiger partial charge < -0.3 is 10.2 Å². The van der Waals surface area contributed by atoms with Crippen molar-refractivity contribution in [3.8, 4) is 0 Å². The minimum absolute atomic E-state index is 0.0736. The third kappa shape index (κ3) is 3.23. The first kappa shape index (κ1) is 17.8. The monoisotopic (exact) mass is 361 g/mol. The second-order valence-electron chi connectivity index (χ2n) is 8.71. The number of amides is 4. The Morgan fingerprint density at radius 1 is 1.04 bits per heavy atom. The maximum Gasteiger partial charge on any atom is 0.325 e. The summed E-state index contributed by atoms with van der Waals surface area (Å²) in [5.74, 6) is 1.63. The smallest absolute Gasteiger partial charge is 0.325 e. The van der Waals surface area contributed by atoms with Crippen molar-refractivity contribution in [2.75, 3.05) is 19.6 Å². The Morgan fingerprint density at radius 2 is 1.77 bits per heavy atom. The molecule has 1 spiro atoms. The van der Waals surface area contributed by atoms with Gasteiger partial charge in [0.1, 0.15) is 5.54 Å². The van der Waals surface area contributed by atoms with Gasteiger partial charge in [0.2, 0.25) is 5.91 Å². The fourth-order valence-electron chi connectivity index (χ4n) is 5.57. The zero-order valence-corrected chi connectivity index (χ0v) is 15.7. The summed E-state index contributed by atoms with van der Waals surface area (Å²) in [7, 11) is 0. The first-order chi connectivity index (χ1) is 12.6. The molecule has 6 heteroatoms. The van der Waals surface area contributed by atoms with E-state index in [1.54, 1.807) is 0 Å². The number of fused-ring (bicyclic) bond motifs is 1. The van der Waals surface area contributed by atoms with Gasteiger partial charge in [-0.25, -0.2) is 4.79 Å². The number of piperidine rings is 1. The number of hydrogen-bond acceptors (Lipinski definition) is 3. The summed E-state index contributed by atoms with van der Waals surface area (Å²) in [6.45, 7) is 2.15. The number of rotatable bonds is 4. The second kappa shape index (κ2) is 7.20. The average molecular weight is 361 g/mol. The number of nitrogens with zero attached hydrogens (tertiary/aromatic N) is 2. The molecule has 6 nitrogen and oxygen atoms in total. The highest BCUT2D eigenvalue weighted by Gasteiger charge is 2.52. The summed E-state index contributed by atoms with van der Waals surface area (Å²) in [6, 6.07) is -0.271. The van der Waals surface area contributed by atoms with E-state index in [1.165, 1.54) is 30.6 Å². The predicted octanol–water partition coefficient (Wildman–Crippen LogP) is 2.67. The van der Waals surface area contributed by atoms with Crippen molar-refractivity contribution in [1.82, 2.24) is 15.1 Å². The molecule has 0 aromatic carbocycles. The molecular weight excluding hydrogens is 330 g/mol. The number of nitrogens with one attached hydrogen (secondary N) is 1. The van der Waals surface area contributed by atoms with Gasteiger partial charge in [0.15, 0.2) is 0 Å². The highest BCUT2D eigenvalue weighted by atomic mass is 16.2. The van der Waals surface area contributed by atoms with Gasteiger partial charge in [-0.05, 0) is 43.9 Å². The molecule has 26 heavy (non-hydrogen) atoms. The normalized spacial score (nSPS) is 30.6. The quantitative estimate of drug-likeness (QED) is 0.783. The maximum absolute atomic E-state index is 12.6. The Bertz CT molecular complexity index is 585. The van der Waals surface area contributed by atoms with Crippen LogP contribution in [-0.2, 0) is 9.59 Å². The lowest BCUT2D eigenvalue weighted by atomic mass is 9.75. The summed E-state index contributed by atoms with van der Waals surface area (Å²) in [5.41, 5.74) is -0.635. The molecule has 0 unspecified atom stereocenters. The van der Waals surface area contributed by atoms with Gasteiger partial charge in [-0.1, -0.05) is 32.1 Å². The Labute approximate surface area is 155 Å². The molecule has 2 aliphatic carbocycles. The third-order valence-corrected chi connectivity index (χ3v) is 7.12. The van der Waals surface area contributed by atoms with Crippen LogP contribution in [0, 0.1) is 11.8 Å². The van der Waals surface area contributed by atoms with Gasteiger partial charge in [0.05, 0.1) is 0 Å². The van der Waals surface area contributed by atoms with Crippen molar-refractivity contribution in [2.45, 2.75) is 76.2 Å². The first-order valence-electron chi connectivity index (χ1n) is 10.5. The van der Waals surface area contributed by atoms with Crippen molar-refractivity contribution in [2.24, 2.45) is 11.8 Å². The number of carbonyl (C=O) groups is 3. The minimum Gasteiger partial charge on any atom is -0.342 e. The van der Waals surface area contributed by atoms with E-state index in [-0.39, 0.29) is 17.8 Å². The molecule has 144 valence electrons. The van der Waals surface area contributed by atoms with Crippen molar-refractivity contribution in [1.29, 1.82) is 0 Å². The van der Waals surface area contributed by atoms with Gasteiger partial charge in [-0.15, -0.1) is 0 Å². The van der Waals surface area contributed by atoms with Gasteiger partial charge in [-0.3, -0.25) is 14.5 Å². The molecule has 0 bridgehead atoms. The molecule has 2 saturated carbocycles. The molecule has 4 amide bonds. The Morgan fingerprint density at radius 3 is 2.54 bits per heavy atom. The van der Waals surface area contributed by atoms with Crippen LogP contribution < -0.4 is 5.32 Å². The summed E-state index contributed by atoms with van der Waals surface area (Å²) in [5, 5.41) is 2.90. The molecule has 2 atom stereocenters. The molecule has 0 aromatic heterocycles. The van der Waals surface area contributed by atoms with E-state index in [0.717, 1.165) is 51.1 Å². The van der Waals surface area contributed by atoms with Crippen molar-refractivity contribution >= 4 is 17.8 Å². The molecule has 0 radical (unpaired) electrons. The zero-order valence-electron chi connectivity index (χ0n) is 15.7. The summed E-state index contributed by atoms with van der Waals surface area (Å²) in [6.07, 6.45) is 10.9. The highest BCUT2D eigenvalue weighted by Crippen LogP contribution is 2.37.